The van der Waals surface area contributed by atoms with E-state index in [2.05, 4.69) is 32.9 Å². The van der Waals surface area contributed by atoms with Gasteiger partial charge in [0, 0.05) is 5.56 Å². The monoisotopic (exact) mass is 904 g/mol. The summed E-state index contributed by atoms with van der Waals surface area (Å²) in [6, 6.07) is 28.8. The minimum atomic E-state index is 0.342. The quantitative estimate of drug-likeness (QED) is 0.0423. The first-order chi connectivity index (χ1) is 33.1. The van der Waals surface area contributed by atoms with Crippen molar-refractivity contribution >= 4 is 36.5 Å². The van der Waals surface area contributed by atoms with E-state index in [0.717, 1.165) is 53.2 Å². The van der Waals surface area contributed by atoms with E-state index in [4.69, 9.17) is 19.2 Å². The number of nitrogens with zero attached hydrogens (tertiary/aromatic N) is 3. The highest BCUT2D eigenvalue weighted by atomic mass is 16.5. The summed E-state index contributed by atoms with van der Waals surface area (Å²) >= 11 is 0. The van der Waals surface area contributed by atoms with Gasteiger partial charge in [-0.2, -0.15) is 10.5 Å². The van der Waals surface area contributed by atoms with Crippen LogP contribution in [0.25, 0.3) is 36.5 Å². The molecule has 1 aromatic heterocycles. The zero-order valence-electron chi connectivity index (χ0n) is 41.6. The van der Waals surface area contributed by atoms with Gasteiger partial charge >= 0.3 is 0 Å². The van der Waals surface area contributed by atoms with Gasteiger partial charge in [-0.1, -0.05) is 216 Å². The third-order valence-corrected chi connectivity index (χ3v) is 12.3. The van der Waals surface area contributed by atoms with Crippen LogP contribution in [0.3, 0.4) is 0 Å². The van der Waals surface area contributed by atoms with Crippen molar-refractivity contribution in [3.63, 3.8) is 0 Å². The van der Waals surface area contributed by atoms with Crippen LogP contribution in [0.4, 0.5) is 0 Å². The molecule has 0 saturated carbocycles. The fourth-order valence-corrected chi connectivity index (χ4v) is 8.12. The van der Waals surface area contributed by atoms with Crippen LogP contribution in [0.5, 0.6) is 17.2 Å². The van der Waals surface area contributed by atoms with Crippen LogP contribution in [0.1, 0.15) is 220 Å². The molecule has 6 nitrogen and oxygen atoms in total. The van der Waals surface area contributed by atoms with Crippen LogP contribution in [-0.2, 0) is 0 Å². The molecule has 358 valence electrons. The molecule has 0 aliphatic heterocycles. The first-order valence-corrected chi connectivity index (χ1v) is 26.2. The van der Waals surface area contributed by atoms with Gasteiger partial charge in [0.05, 0.1) is 42.3 Å². The lowest BCUT2D eigenvalue weighted by Crippen LogP contribution is -2.01. The molecule has 0 spiro atoms. The molecule has 0 N–H and O–H groups in total. The van der Waals surface area contributed by atoms with Crippen molar-refractivity contribution in [2.24, 2.45) is 0 Å². The van der Waals surface area contributed by atoms with E-state index in [0.29, 0.717) is 47.9 Å². The van der Waals surface area contributed by atoms with Gasteiger partial charge in [-0.25, -0.2) is 4.98 Å². The fraction of sp³-hybridized carbons (Fsp3) is 0.492. The molecule has 0 aliphatic rings. The largest absolute Gasteiger partial charge is 0.494 e. The SMILES string of the molecule is CCCCCCCCCCOc1ccc(/C=C/c2nc(/C=C/c3ccc(OCCCCCCCCCC)cc3)c(C#N)c(/C=C/c3ccc(OCCCCCCCCCC)cc3)c2C#N)cc1. The van der Waals surface area contributed by atoms with Crippen LogP contribution < -0.4 is 14.2 Å². The van der Waals surface area contributed by atoms with Gasteiger partial charge in [0.1, 0.15) is 29.4 Å². The molecule has 4 aromatic rings. The van der Waals surface area contributed by atoms with Crippen LogP contribution in [0.2, 0.25) is 0 Å². The topological polar surface area (TPSA) is 88.2 Å². The van der Waals surface area contributed by atoms with Crippen molar-refractivity contribution in [1.82, 2.24) is 4.98 Å². The Morgan fingerprint density at radius 3 is 0.910 bits per heavy atom. The van der Waals surface area contributed by atoms with Gasteiger partial charge in [0.25, 0.3) is 0 Å². The van der Waals surface area contributed by atoms with E-state index in [1.54, 1.807) is 0 Å². The van der Waals surface area contributed by atoms with Crippen molar-refractivity contribution in [2.75, 3.05) is 19.8 Å². The highest BCUT2D eigenvalue weighted by Gasteiger charge is 2.16. The first-order valence-electron chi connectivity index (χ1n) is 26.2. The third-order valence-electron chi connectivity index (χ3n) is 12.3. The highest BCUT2D eigenvalue weighted by Crippen LogP contribution is 2.27. The second-order valence-electron chi connectivity index (χ2n) is 17.9. The van der Waals surface area contributed by atoms with E-state index in [1.807, 2.05) is 109 Å². The Hall–Kier alpha value is -5.59. The summed E-state index contributed by atoms with van der Waals surface area (Å²) in [6.45, 7) is 8.90. The molecule has 0 unspecified atom stereocenters. The summed E-state index contributed by atoms with van der Waals surface area (Å²) < 4.78 is 18.1. The summed E-state index contributed by atoms with van der Waals surface area (Å²) in [5.41, 5.74) is 5.05. The molecule has 0 atom stereocenters. The fourth-order valence-electron chi connectivity index (χ4n) is 8.12. The van der Waals surface area contributed by atoms with Crippen molar-refractivity contribution in [3.05, 3.63) is 118 Å². The predicted octanol–water partition coefficient (Wildman–Crippen LogP) is 17.9. The van der Waals surface area contributed by atoms with Gasteiger partial charge in [-0.3, -0.25) is 0 Å². The molecule has 6 heteroatoms. The molecule has 3 aromatic carbocycles. The number of rotatable bonds is 36. The lowest BCUT2D eigenvalue weighted by Gasteiger charge is -2.10. The number of benzene rings is 3. The Bertz CT molecular complexity index is 1990. The molecule has 0 radical (unpaired) electrons. The molecule has 0 aliphatic carbocycles. The number of nitriles is 2. The van der Waals surface area contributed by atoms with Crippen LogP contribution in [0, 0.1) is 22.7 Å². The lowest BCUT2D eigenvalue weighted by atomic mass is 9.97. The molecular formula is C61H81N3O3. The van der Waals surface area contributed by atoms with Crippen molar-refractivity contribution in [2.45, 2.75) is 175 Å². The summed E-state index contributed by atoms with van der Waals surface area (Å²) in [5.74, 6) is 2.53. The van der Waals surface area contributed by atoms with Gasteiger partial charge in [-0.15, -0.1) is 0 Å². The Morgan fingerprint density at radius 1 is 0.358 bits per heavy atom. The Kier molecular flexibility index (Phi) is 28.0. The molecule has 4 rings (SSSR count). The maximum absolute atomic E-state index is 10.6. The number of hydrogen-bond donors (Lipinski definition) is 0. The molecule has 0 saturated heterocycles. The lowest BCUT2D eigenvalue weighted by molar-refractivity contribution is 0.304. The molecule has 0 amide bonds. The van der Waals surface area contributed by atoms with Crippen molar-refractivity contribution < 1.29 is 14.2 Å². The molecule has 0 bridgehead atoms. The van der Waals surface area contributed by atoms with E-state index in [1.165, 1.54) is 135 Å². The highest BCUT2D eigenvalue weighted by molar-refractivity contribution is 5.84. The number of ether oxygens (including phenoxy) is 3. The maximum atomic E-state index is 10.6. The Balaban J connectivity index is 1.46. The third kappa shape index (κ3) is 22.2. The number of aromatic nitrogens is 1. The summed E-state index contributed by atoms with van der Waals surface area (Å²) in [6.07, 6.45) is 41.8. The zero-order valence-corrected chi connectivity index (χ0v) is 41.6. The van der Waals surface area contributed by atoms with Crippen LogP contribution in [0.15, 0.2) is 72.8 Å². The minimum absolute atomic E-state index is 0.342. The van der Waals surface area contributed by atoms with Crippen molar-refractivity contribution in [1.29, 1.82) is 10.5 Å². The second kappa shape index (κ2) is 34.7. The summed E-state index contributed by atoms with van der Waals surface area (Å²) in [5, 5.41) is 21.2. The number of hydrogen-bond acceptors (Lipinski definition) is 6. The van der Waals surface area contributed by atoms with Gasteiger partial charge in [0.15, 0.2) is 0 Å². The Labute approximate surface area is 406 Å². The molecule has 0 fully saturated rings. The average molecular weight is 904 g/mol. The zero-order chi connectivity index (χ0) is 47.4. The average Bonchev–Trinajstić information content (AvgIpc) is 3.36. The van der Waals surface area contributed by atoms with E-state index in [-0.39, 0.29) is 0 Å². The number of pyridine rings is 1. The normalized spacial score (nSPS) is 11.4. The van der Waals surface area contributed by atoms with Gasteiger partial charge in [-0.05, 0) is 84.5 Å². The molecule has 1 heterocycles. The summed E-state index contributed by atoms with van der Waals surface area (Å²) in [4.78, 5) is 4.92. The molecule has 67 heavy (non-hydrogen) atoms. The van der Waals surface area contributed by atoms with E-state index >= 15 is 0 Å². The second-order valence-corrected chi connectivity index (χ2v) is 17.9. The Morgan fingerprint density at radius 2 is 0.627 bits per heavy atom. The van der Waals surface area contributed by atoms with Gasteiger partial charge in [0.2, 0.25) is 0 Å². The minimum Gasteiger partial charge on any atom is -0.494 e. The smallest absolute Gasteiger partial charge is 0.119 e. The maximum Gasteiger partial charge on any atom is 0.119 e. The standard InChI is InChI=1S/C61H81N3O3/c1-4-7-10-13-16-19-22-25-46-65-54-37-28-51(29-38-54)34-43-57-58(49-62)60(44-35-52-30-39-55(40-31-52)66-47-26-23-20-17-14-11-8-5-2)64-61(59(57)50-63)45-36-53-32-41-56(42-33-53)67-48-27-24-21-18-15-12-9-6-3/h28-45H,4-27,46-48H2,1-3H3/b43-34+,44-35+,45-36+. The van der Waals surface area contributed by atoms with Crippen LogP contribution >= 0.6 is 0 Å². The van der Waals surface area contributed by atoms with Crippen molar-refractivity contribution in [3.8, 4) is 29.4 Å². The molecular weight excluding hydrogens is 823 g/mol. The van der Waals surface area contributed by atoms with E-state index < -0.39 is 0 Å². The van der Waals surface area contributed by atoms with Crippen LogP contribution in [-0.4, -0.2) is 24.8 Å². The first kappa shape index (κ1) is 54.0. The predicted molar refractivity (Wildman–Crippen MR) is 284 cm³/mol. The summed E-state index contributed by atoms with van der Waals surface area (Å²) in [7, 11) is 0. The van der Waals surface area contributed by atoms with E-state index in [9.17, 15) is 10.5 Å². The van der Waals surface area contributed by atoms with Gasteiger partial charge < -0.3 is 14.2 Å². The number of unbranched alkanes of at least 4 members (excludes halogenated alkanes) is 21.